The van der Waals surface area contributed by atoms with Gasteiger partial charge >= 0.3 is 6.61 Å². The maximum Gasteiger partial charge on any atom is 0.387 e. The number of hydrogen-bond donors (Lipinski definition) is 2. The Hall–Kier alpha value is -2.79. The van der Waals surface area contributed by atoms with E-state index in [1.807, 2.05) is 20.8 Å². The van der Waals surface area contributed by atoms with Crippen LogP contribution in [-0.2, 0) is 19.1 Å². The van der Waals surface area contributed by atoms with Crippen molar-refractivity contribution in [2.24, 2.45) is 11.1 Å². The second kappa shape index (κ2) is 10.0. The quantitative estimate of drug-likeness (QED) is 0.589. The fourth-order valence-electron chi connectivity index (χ4n) is 3.37. The van der Waals surface area contributed by atoms with Crippen LogP contribution in [0.25, 0.3) is 0 Å². The second-order valence-corrected chi connectivity index (χ2v) is 8.43. The van der Waals surface area contributed by atoms with Gasteiger partial charge in [0.05, 0.1) is 12.3 Å². The zero-order valence-corrected chi connectivity index (χ0v) is 18.0. The molecule has 1 aliphatic heterocycles. The third kappa shape index (κ3) is 6.86. The van der Waals surface area contributed by atoms with E-state index in [0.717, 1.165) is 0 Å². The Morgan fingerprint density at radius 3 is 2.58 bits per heavy atom. The van der Waals surface area contributed by atoms with E-state index in [1.165, 1.54) is 28.0 Å². The van der Waals surface area contributed by atoms with Gasteiger partial charge in [0.25, 0.3) is 11.8 Å². The molecular formula is C20H28F2N4O5. The van der Waals surface area contributed by atoms with Gasteiger partial charge in [-0.3, -0.25) is 19.3 Å². The predicted octanol–water partition coefficient (Wildman–Crippen LogP) is 1.42. The zero-order chi connectivity index (χ0) is 23.3. The number of benzene rings is 1. The number of alkyl halides is 2. The Morgan fingerprint density at radius 2 is 2.03 bits per heavy atom. The fraction of sp³-hybridized carbons (Fsp3) is 0.550. The molecule has 1 aromatic rings. The number of morpholine rings is 1. The van der Waals surface area contributed by atoms with Crippen molar-refractivity contribution in [1.29, 1.82) is 0 Å². The summed E-state index contributed by atoms with van der Waals surface area (Å²) in [5.74, 6) is -2.25. The molecule has 1 saturated heterocycles. The number of carbonyl (C=O) groups is 3. The van der Waals surface area contributed by atoms with Crippen LogP contribution in [0.4, 0.5) is 20.2 Å². The molecule has 0 saturated carbocycles. The van der Waals surface area contributed by atoms with Gasteiger partial charge in [0, 0.05) is 24.8 Å². The van der Waals surface area contributed by atoms with Crippen LogP contribution in [-0.4, -0.2) is 68.6 Å². The van der Waals surface area contributed by atoms with E-state index in [1.54, 1.807) is 7.05 Å². The van der Waals surface area contributed by atoms with E-state index in [0.29, 0.717) is 6.54 Å². The normalized spacial score (nSPS) is 15.9. The lowest BCUT2D eigenvalue weighted by atomic mass is 9.95. The minimum absolute atomic E-state index is 0.112. The van der Waals surface area contributed by atoms with Crippen LogP contribution >= 0.6 is 0 Å². The first-order valence-corrected chi connectivity index (χ1v) is 9.66. The van der Waals surface area contributed by atoms with E-state index in [2.05, 4.69) is 10.1 Å². The average molecular weight is 442 g/mol. The maximum atomic E-state index is 13.0. The number of nitrogens with two attached hydrogens (primary N) is 1. The molecule has 0 spiro atoms. The van der Waals surface area contributed by atoms with E-state index < -0.39 is 30.4 Å². The highest BCUT2D eigenvalue weighted by Gasteiger charge is 2.32. The smallest absolute Gasteiger partial charge is 0.387 e. The Kier molecular flexibility index (Phi) is 7.91. The van der Waals surface area contributed by atoms with Crippen molar-refractivity contribution in [3.8, 4) is 5.75 Å². The van der Waals surface area contributed by atoms with Gasteiger partial charge < -0.3 is 25.4 Å². The first kappa shape index (κ1) is 24.5. The number of carbonyl (C=O) groups excluding carboxylic acids is 3. The largest absolute Gasteiger partial charge is 0.433 e. The Morgan fingerprint density at radius 1 is 1.35 bits per heavy atom. The highest BCUT2D eigenvalue weighted by molar-refractivity contribution is 6.09. The van der Waals surface area contributed by atoms with E-state index in [9.17, 15) is 23.2 Å². The summed E-state index contributed by atoms with van der Waals surface area (Å²) in [5.41, 5.74) is 5.46. The van der Waals surface area contributed by atoms with Crippen LogP contribution in [0.5, 0.6) is 5.75 Å². The third-order valence-electron chi connectivity index (χ3n) is 4.40. The van der Waals surface area contributed by atoms with Crippen molar-refractivity contribution in [3.05, 3.63) is 18.2 Å². The second-order valence-electron chi connectivity index (χ2n) is 8.43. The number of ether oxygens (including phenoxy) is 2. The summed E-state index contributed by atoms with van der Waals surface area (Å²) >= 11 is 0. The van der Waals surface area contributed by atoms with Gasteiger partial charge in [0.15, 0.2) is 11.8 Å². The molecule has 1 aromatic carbocycles. The molecule has 9 nitrogen and oxygen atoms in total. The van der Waals surface area contributed by atoms with Crippen LogP contribution < -0.4 is 20.7 Å². The topological polar surface area (TPSA) is 114 Å². The van der Waals surface area contributed by atoms with Gasteiger partial charge in [-0.2, -0.15) is 8.78 Å². The van der Waals surface area contributed by atoms with Gasteiger partial charge in [-0.05, 0) is 24.6 Å². The fourth-order valence-corrected chi connectivity index (χ4v) is 3.37. The number of hydrogen-bond acceptors (Lipinski definition) is 6. The van der Waals surface area contributed by atoms with Crippen molar-refractivity contribution in [1.82, 2.24) is 4.90 Å². The number of nitrogens with one attached hydrogen (secondary N) is 1. The lowest BCUT2D eigenvalue weighted by Gasteiger charge is -2.31. The number of likely N-dealkylation sites (N-methyl/N-ethyl adjacent to an activating group) is 1. The maximum absolute atomic E-state index is 13.0. The SMILES string of the molecule is CN(CC(C)(C)C)[C@H](C(N)=O)C(=O)Nc1ccc(N2CCOCC2=O)c(OC(F)F)c1. The highest BCUT2D eigenvalue weighted by Crippen LogP contribution is 2.33. The van der Waals surface area contributed by atoms with Gasteiger partial charge in [0.2, 0.25) is 5.91 Å². The van der Waals surface area contributed by atoms with Crippen molar-refractivity contribution in [2.75, 3.05) is 43.6 Å². The molecule has 1 atom stereocenters. The molecule has 3 N–H and O–H groups in total. The van der Waals surface area contributed by atoms with Crippen molar-refractivity contribution in [2.45, 2.75) is 33.4 Å². The van der Waals surface area contributed by atoms with Crippen molar-refractivity contribution in [3.63, 3.8) is 0 Å². The number of halogens is 2. The van der Waals surface area contributed by atoms with Gasteiger partial charge in [-0.15, -0.1) is 0 Å². The molecule has 3 amide bonds. The third-order valence-corrected chi connectivity index (χ3v) is 4.40. The number of primary amides is 1. The highest BCUT2D eigenvalue weighted by atomic mass is 19.3. The summed E-state index contributed by atoms with van der Waals surface area (Å²) in [6.07, 6.45) is 0. The molecule has 1 heterocycles. The van der Waals surface area contributed by atoms with E-state index >= 15 is 0 Å². The molecule has 11 heteroatoms. The average Bonchev–Trinajstić information content (AvgIpc) is 2.60. The van der Waals surface area contributed by atoms with Gasteiger partial charge in [-0.1, -0.05) is 20.8 Å². The molecule has 0 unspecified atom stereocenters. The molecule has 1 fully saturated rings. The summed E-state index contributed by atoms with van der Waals surface area (Å²) in [5, 5.41) is 2.51. The van der Waals surface area contributed by atoms with Crippen LogP contribution in [0.2, 0.25) is 0 Å². The first-order valence-electron chi connectivity index (χ1n) is 9.66. The molecule has 0 radical (unpaired) electrons. The number of amides is 3. The summed E-state index contributed by atoms with van der Waals surface area (Å²) in [6, 6.07) is 2.72. The number of anilines is 2. The van der Waals surface area contributed by atoms with Crippen molar-refractivity contribution < 1.29 is 32.6 Å². The standard InChI is InChI=1S/C20H28F2N4O5/c1-20(2,3)11-25(4)16(17(23)28)18(29)24-12-5-6-13(14(9-12)31-19(21)22)26-7-8-30-10-15(26)27/h5-6,9,16,19H,7-8,10-11H2,1-4H3,(H2,23,28)(H,24,29)/t16-/m1/s1. The van der Waals surface area contributed by atoms with Gasteiger partial charge in [0.1, 0.15) is 6.61 Å². The minimum atomic E-state index is -3.14. The monoisotopic (exact) mass is 442 g/mol. The van der Waals surface area contributed by atoms with E-state index in [4.69, 9.17) is 10.5 Å². The Labute approximate surface area is 179 Å². The summed E-state index contributed by atoms with van der Waals surface area (Å²) in [7, 11) is 1.60. The van der Waals surface area contributed by atoms with Crippen LogP contribution in [0.15, 0.2) is 18.2 Å². The Bertz CT molecular complexity index is 828. The molecule has 172 valence electrons. The lowest BCUT2D eigenvalue weighted by molar-refractivity contribution is -0.132. The molecule has 1 aliphatic rings. The number of nitrogens with zero attached hydrogens (tertiary/aromatic N) is 2. The predicted molar refractivity (Wildman–Crippen MR) is 110 cm³/mol. The molecular weight excluding hydrogens is 414 g/mol. The van der Waals surface area contributed by atoms with E-state index in [-0.39, 0.29) is 42.3 Å². The molecule has 0 aliphatic carbocycles. The van der Waals surface area contributed by atoms with Crippen LogP contribution in [0, 0.1) is 5.41 Å². The van der Waals surface area contributed by atoms with Gasteiger partial charge in [-0.25, -0.2) is 0 Å². The Balaban J connectivity index is 2.27. The zero-order valence-electron chi connectivity index (χ0n) is 18.0. The number of rotatable bonds is 8. The molecule has 0 bridgehead atoms. The minimum Gasteiger partial charge on any atom is -0.433 e. The lowest BCUT2D eigenvalue weighted by Crippen LogP contribution is -2.52. The van der Waals surface area contributed by atoms with Crippen LogP contribution in [0.1, 0.15) is 20.8 Å². The first-order chi connectivity index (χ1) is 14.4. The summed E-state index contributed by atoms with van der Waals surface area (Å²) in [4.78, 5) is 39.5. The summed E-state index contributed by atoms with van der Waals surface area (Å²) < 4.78 is 35.5. The van der Waals surface area contributed by atoms with Crippen molar-refractivity contribution >= 4 is 29.1 Å². The van der Waals surface area contributed by atoms with Crippen LogP contribution in [0.3, 0.4) is 0 Å². The molecule has 31 heavy (non-hydrogen) atoms. The summed E-state index contributed by atoms with van der Waals surface area (Å²) in [6.45, 7) is 3.34. The molecule has 2 rings (SSSR count). The molecule has 0 aromatic heterocycles.